The second-order valence-electron chi connectivity index (χ2n) is 8.28. The number of hydrogen-bond donors (Lipinski definition) is 0. The van der Waals surface area contributed by atoms with Gasteiger partial charge in [0.25, 0.3) is 0 Å². The number of hydrogen-bond acceptors (Lipinski definition) is 6. The Morgan fingerprint density at radius 3 is 1.87 bits per heavy atom. The largest absolute Gasteiger partial charge is 0.352 e. The third kappa shape index (κ3) is 4.67. The van der Waals surface area contributed by atoms with Crippen molar-refractivity contribution in [2.24, 2.45) is 16.2 Å². The molecule has 0 aromatic heterocycles. The highest BCUT2D eigenvalue weighted by Gasteiger charge is 2.57. The van der Waals surface area contributed by atoms with E-state index in [2.05, 4.69) is 15.0 Å². The molecular formula is C17H30O6. The molecule has 0 saturated carbocycles. The van der Waals surface area contributed by atoms with Gasteiger partial charge in [0.15, 0.2) is 0 Å². The molecule has 1 aliphatic heterocycles. The van der Waals surface area contributed by atoms with E-state index in [4.69, 9.17) is 4.89 Å². The molecule has 6 nitrogen and oxygen atoms in total. The molecule has 0 unspecified atom stereocenters. The summed E-state index contributed by atoms with van der Waals surface area (Å²) in [5.41, 5.74) is -1.45. The monoisotopic (exact) mass is 330 g/mol. The summed E-state index contributed by atoms with van der Waals surface area (Å²) in [5.74, 6) is -1.05. The minimum Gasteiger partial charge on any atom is -0.266 e. The molecule has 23 heavy (non-hydrogen) atoms. The van der Waals surface area contributed by atoms with Crippen LogP contribution in [0.2, 0.25) is 0 Å². The summed E-state index contributed by atoms with van der Waals surface area (Å²) in [6.07, 6.45) is 4.36. The minimum atomic E-state index is -0.762. The van der Waals surface area contributed by atoms with Crippen LogP contribution in [0.5, 0.6) is 0 Å². The Bertz CT molecular complexity index is 402. The average molecular weight is 330 g/mol. The van der Waals surface area contributed by atoms with Gasteiger partial charge in [0, 0.05) is 16.5 Å². The molecule has 6 heteroatoms. The number of rotatable bonds is 0. The Labute approximate surface area is 138 Å². The maximum Gasteiger partial charge on any atom is 0.352 e. The number of carbonyl (C=O) groups is 2. The Morgan fingerprint density at radius 2 is 1.30 bits per heavy atom. The van der Waals surface area contributed by atoms with E-state index in [1.807, 2.05) is 41.5 Å². The normalized spacial score (nSPS) is 22.2. The van der Waals surface area contributed by atoms with Crippen molar-refractivity contribution in [3.8, 4) is 0 Å². The molecule has 1 saturated heterocycles. The highest BCUT2D eigenvalue weighted by atomic mass is 17.7. The lowest BCUT2D eigenvalue weighted by molar-refractivity contribution is -0.602. The smallest absolute Gasteiger partial charge is 0.266 e. The summed E-state index contributed by atoms with van der Waals surface area (Å²) < 4.78 is 0. The lowest BCUT2D eigenvalue weighted by atomic mass is 9.52. The van der Waals surface area contributed by atoms with Crippen molar-refractivity contribution in [1.82, 2.24) is 0 Å². The van der Waals surface area contributed by atoms with Gasteiger partial charge in [-0.15, -0.1) is 0 Å². The minimum absolute atomic E-state index is 0.251. The third-order valence-electron chi connectivity index (χ3n) is 4.86. The summed E-state index contributed by atoms with van der Waals surface area (Å²) in [7, 11) is 0. The molecule has 0 amide bonds. The van der Waals surface area contributed by atoms with Crippen LogP contribution in [-0.4, -0.2) is 11.9 Å². The first-order chi connectivity index (χ1) is 10.5. The molecule has 0 aromatic carbocycles. The molecule has 1 aliphatic rings. The maximum atomic E-state index is 12.8. The summed E-state index contributed by atoms with van der Waals surface area (Å²) in [5, 5.41) is 8.64. The summed E-state index contributed by atoms with van der Waals surface area (Å²) in [6, 6.07) is 0. The van der Waals surface area contributed by atoms with Crippen LogP contribution in [0, 0.1) is 16.2 Å². The van der Waals surface area contributed by atoms with Crippen molar-refractivity contribution >= 4 is 11.9 Å². The molecular weight excluding hydrogens is 300 g/mol. The van der Waals surface area contributed by atoms with E-state index in [0.717, 1.165) is 25.7 Å². The average Bonchev–Trinajstić information content (AvgIpc) is 2.40. The van der Waals surface area contributed by atoms with Crippen molar-refractivity contribution in [2.45, 2.75) is 80.1 Å². The molecule has 0 spiro atoms. The van der Waals surface area contributed by atoms with Gasteiger partial charge in [-0.2, -0.15) is 0 Å². The van der Waals surface area contributed by atoms with E-state index in [1.165, 1.54) is 0 Å². The highest BCUT2D eigenvalue weighted by Crippen LogP contribution is 2.55. The molecule has 0 aliphatic carbocycles. The summed E-state index contributed by atoms with van der Waals surface area (Å²) >= 11 is 0. The van der Waals surface area contributed by atoms with Gasteiger partial charge in [-0.25, -0.2) is 9.59 Å². The van der Waals surface area contributed by atoms with Crippen LogP contribution >= 0.6 is 0 Å². The lowest BCUT2D eigenvalue weighted by Crippen LogP contribution is -2.53. The highest BCUT2D eigenvalue weighted by molar-refractivity contribution is 5.78. The summed E-state index contributed by atoms with van der Waals surface area (Å²) in [6.45, 7) is 12.2. The quantitative estimate of drug-likeness (QED) is 0.617. The molecule has 134 valence electrons. The van der Waals surface area contributed by atoms with E-state index in [1.54, 1.807) is 0 Å². The lowest BCUT2D eigenvalue weighted by Gasteiger charge is -2.50. The molecule has 0 radical (unpaired) electrons. The fraction of sp³-hybridized carbons (Fsp3) is 0.882. The van der Waals surface area contributed by atoms with Crippen molar-refractivity contribution in [3.63, 3.8) is 0 Å². The van der Waals surface area contributed by atoms with Gasteiger partial charge < -0.3 is 0 Å². The molecule has 1 rings (SSSR count). The first-order valence-corrected chi connectivity index (χ1v) is 8.27. The van der Waals surface area contributed by atoms with Crippen LogP contribution in [0.4, 0.5) is 0 Å². The van der Waals surface area contributed by atoms with E-state index in [-0.39, 0.29) is 17.3 Å². The van der Waals surface area contributed by atoms with Gasteiger partial charge in [0.1, 0.15) is 0 Å². The first-order valence-electron chi connectivity index (χ1n) is 8.27. The zero-order valence-electron chi connectivity index (χ0n) is 15.2. The molecule has 1 heterocycles. The molecule has 0 bridgehead atoms. The zero-order chi connectivity index (χ0) is 17.7. The van der Waals surface area contributed by atoms with Gasteiger partial charge >= 0.3 is 11.9 Å². The maximum absolute atomic E-state index is 12.8. The predicted octanol–water partition coefficient (Wildman–Crippen LogP) is 4.28. The van der Waals surface area contributed by atoms with Crippen LogP contribution < -0.4 is 0 Å². The van der Waals surface area contributed by atoms with Gasteiger partial charge in [-0.05, 0) is 23.7 Å². The van der Waals surface area contributed by atoms with Crippen LogP contribution in [0.25, 0.3) is 0 Å². The SMILES string of the molecule is CC(C)(C)C1(C(C)(C)C)CCCCCCC(=O)OOOOC1=O. The van der Waals surface area contributed by atoms with Crippen molar-refractivity contribution in [3.05, 3.63) is 0 Å². The molecule has 1 fully saturated rings. The Morgan fingerprint density at radius 1 is 0.783 bits per heavy atom. The van der Waals surface area contributed by atoms with E-state index in [0.29, 0.717) is 6.42 Å². The van der Waals surface area contributed by atoms with Crippen molar-refractivity contribution < 1.29 is 29.4 Å². The second-order valence-corrected chi connectivity index (χ2v) is 8.28. The second kappa shape index (κ2) is 7.62. The van der Waals surface area contributed by atoms with Crippen LogP contribution in [0.3, 0.4) is 0 Å². The Hall–Kier alpha value is -1.14. The van der Waals surface area contributed by atoms with Gasteiger partial charge in [0.2, 0.25) is 0 Å². The third-order valence-corrected chi connectivity index (χ3v) is 4.86. The van der Waals surface area contributed by atoms with Crippen LogP contribution in [-0.2, 0) is 29.4 Å². The Balaban J connectivity index is 3.08. The van der Waals surface area contributed by atoms with Gasteiger partial charge in [-0.3, -0.25) is 9.78 Å². The fourth-order valence-electron chi connectivity index (χ4n) is 3.81. The number of carbonyl (C=O) groups excluding carboxylic acids is 2. The van der Waals surface area contributed by atoms with E-state index in [9.17, 15) is 9.59 Å². The fourth-order valence-corrected chi connectivity index (χ4v) is 3.81. The first kappa shape index (κ1) is 19.9. The standard InChI is InChI=1S/C17H30O6/c1-15(2,3)17(16(4,5)6)12-10-8-7-9-11-13(18)20-22-23-21-14(17)19/h7-12H2,1-6H3. The molecule has 0 N–H and O–H groups in total. The van der Waals surface area contributed by atoms with E-state index >= 15 is 0 Å². The van der Waals surface area contributed by atoms with Gasteiger partial charge in [0.05, 0.1) is 5.41 Å². The van der Waals surface area contributed by atoms with E-state index < -0.39 is 17.4 Å². The van der Waals surface area contributed by atoms with Crippen LogP contribution in [0.1, 0.15) is 80.1 Å². The molecule has 0 atom stereocenters. The topological polar surface area (TPSA) is 71.1 Å². The summed E-state index contributed by atoms with van der Waals surface area (Å²) in [4.78, 5) is 33.4. The Kier molecular flexibility index (Phi) is 6.59. The zero-order valence-corrected chi connectivity index (χ0v) is 15.2. The predicted molar refractivity (Wildman–Crippen MR) is 83.4 cm³/mol. The molecule has 0 aromatic rings. The van der Waals surface area contributed by atoms with Gasteiger partial charge in [-0.1, -0.05) is 60.8 Å². The van der Waals surface area contributed by atoms with Crippen molar-refractivity contribution in [1.29, 1.82) is 0 Å². The van der Waals surface area contributed by atoms with Crippen molar-refractivity contribution in [2.75, 3.05) is 0 Å². The van der Waals surface area contributed by atoms with Crippen LogP contribution in [0.15, 0.2) is 0 Å².